The van der Waals surface area contributed by atoms with E-state index in [0.29, 0.717) is 0 Å². The highest BCUT2D eigenvalue weighted by Gasteiger charge is 2.08. The lowest BCUT2D eigenvalue weighted by molar-refractivity contribution is -0.148. The smallest absolute Gasteiger partial charge is 0.334 e. The maximum Gasteiger partial charge on any atom is 0.334 e. The zero-order chi connectivity index (χ0) is 16.6. The van der Waals surface area contributed by atoms with Crippen LogP contribution in [0, 0.1) is 0 Å². The average molecular weight is 286 g/mol. The average Bonchev–Trinajstić information content (AvgIpc) is 2.13. The van der Waals surface area contributed by atoms with E-state index in [1.54, 1.807) is 0 Å². The molecule has 6 N–H and O–H groups in total. The third-order valence-electron chi connectivity index (χ3n) is 0.458. The molecule has 0 aromatic rings. The molecule has 1 unspecified atom stereocenters. The maximum absolute atomic E-state index is 9.52. The predicted octanol–water partition coefficient (Wildman–Crippen LogP) is -1.30. The molecular weight excluding hydrogens is 268 g/mol. The standard InChI is InChI=1S/C3H6O4.3C2H4O2/c4-1-2(5)3(6)7;3*1-2(3)4/h2,4-5H,1H2,(H,6,7);3*1H3,(H,3,4). The molecule has 114 valence electrons. The van der Waals surface area contributed by atoms with Crippen LogP contribution in [-0.2, 0) is 19.2 Å². The van der Waals surface area contributed by atoms with Crippen LogP contribution in [0.25, 0.3) is 0 Å². The van der Waals surface area contributed by atoms with E-state index >= 15 is 0 Å². The Morgan fingerprint density at radius 2 is 0.947 bits per heavy atom. The number of hydrogen-bond donors (Lipinski definition) is 6. The van der Waals surface area contributed by atoms with E-state index < -0.39 is 36.6 Å². The minimum Gasteiger partial charge on any atom is -0.481 e. The number of carboxylic acids is 4. The number of aliphatic hydroxyl groups is 2. The van der Waals surface area contributed by atoms with E-state index in [0.717, 1.165) is 20.8 Å². The Kier molecular flexibility index (Phi) is 24.5. The van der Waals surface area contributed by atoms with Gasteiger partial charge in [0.2, 0.25) is 0 Å². The second-order valence-electron chi connectivity index (χ2n) is 2.59. The van der Waals surface area contributed by atoms with Gasteiger partial charge in [-0.3, -0.25) is 14.4 Å². The Morgan fingerprint density at radius 1 is 0.789 bits per heavy atom. The molecule has 0 aliphatic carbocycles. The van der Waals surface area contributed by atoms with Crippen LogP contribution >= 0.6 is 0 Å². The number of carboxylic acid groups (broad SMARTS) is 4. The fourth-order valence-electron chi connectivity index (χ4n) is 0.0781. The van der Waals surface area contributed by atoms with E-state index in [1.807, 2.05) is 0 Å². The van der Waals surface area contributed by atoms with Gasteiger partial charge in [-0.1, -0.05) is 0 Å². The minimum atomic E-state index is -1.63. The largest absolute Gasteiger partial charge is 0.481 e. The van der Waals surface area contributed by atoms with Gasteiger partial charge in [-0.05, 0) is 0 Å². The Morgan fingerprint density at radius 3 is 0.947 bits per heavy atom. The van der Waals surface area contributed by atoms with Crippen LogP contribution < -0.4 is 0 Å². The van der Waals surface area contributed by atoms with Gasteiger partial charge in [-0.15, -0.1) is 0 Å². The highest BCUT2D eigenvalue weighted by atomic mass is 16.4. The first-order valence-corrected chi connectivity index (χ1v) is 4.48. The summed E-state index contributed by atoms with van der Waals surface area (Å²) in [5.74, 6) is -3.90. The molecule has 0 saturated heterocycles. The first-order chi connectivity index (χ1) is 8.38. The summed E-state index contributed by atoms with van der Waals surface area (Å²) in [6.45, 7) is 2.52. The summed E-state index contributed by atoms with van der Waals surface area (Å²) >= 11 is 0. The lowest BCUT2D eigenvalue weighted by atomic mass is 10.4. The van der Waals surface area contributed by atoms with Crippen LogP contribution in [0.4, 0.5) is 0 Å². The van der Waals surface area contributed by atoms with Crippen LogP contribution in [0.5, 0.6) is 0 Å². The Balaban J connectivity index is -0.0000000825. The Bertz CT molecular complexity index is 232. The van der Waals surface area contributed by atoms with Gasteiger partial charge in [-0.25, -0.2) is 4.79 Å². The fraction of sp³-hybridized carbons (Fsp3) is 0.556. The van der Waals surface area contributed by atoms with E-state index in [-0.39, 0.29) is 0 Å². The summed E-state index contributed by atoms with van der Waals surface area (Å²) in [5.41, 5.74) is 0. The second kappa shape index (κ2) is 18.2. The van der Waals surface area contributed by atoms with Crippen LogP contribution in [0.1, 0.15) is 20.8 Å². The van der Waals surface area contributed by atoms with Gasteiger partial charge in [0, 0.05) is 20.8 Å². The summed E-state index contributed by atoms with van der Waals surface area (Å²) in [5, 5.41) is 46.0. The minimum absolute atomic E-state index is 0.727. The first kappa shape index (κ1) is 25.6. The molecule has 0 spiro atoms. The van der Waals surface area contributed by atoms with E-state index in [2.05, 4.69) is 0 Å². The summed E-state index contributed by atoms with van der Waals surface area (Å²) < 4.78 is 0. The first-order valence-electron chi connectivity index (χ1n) is 4.48. The van der Waals surface area contributed by atoms with Gasteiger partial charge in [0.05, 0.1) is 6.61 Å². The van der Waals surface area contributed by atoms with Crippen molar-refractivity contribution in [1.82, 2.24) is 0 Å². The number of carbonyl (C=O) groups is 4. The predicted molar refractivity (Wildman–Crippen MR) is 60.7 cm³/mol. The van der Waals surface area contributed by atoms with Crippen molar-refractivity contribution < 1.29 is 49.8 Å². The molecule has 0 rings (SSSR count). The van der Waals surface area contributed by atoms with Crippen molar-refractivity contribution in [1.29, 1.82) is 0 Å². The van der Waals surface area contributed by atoms with Gasteiger partial charge < -0.3 is 30.6 Å². The number of hydrogen-bond acceptors (Lipinski definition) is 6. The molecule has 1 atom stereocenters. The topological polar surface area (TPSA) is 190 Å². The molecular formula is C9H18O10. The molecule has 0 saturated carbocycles. The van der Waals surface area contributed by atoms with Crippen molar-refractivity contribution in [3.63, 3.8) is 0 Å². The van der Waals surface area contributed by atoms with E-state index in [9.17, 15) is 4.79 Å². The monoisotopic (exact) mass is 286 g/mol. The van der Waals surface area contributed by atoms with Gasteiger partial charge in [0.1, 0.15) is 0 Å². The summed E-state index contributed by atoms with van der Waals surface area (Å²) in [4.78, 5) is 36.5. The molecule has 0 radical (unpaired) electrons. The molecule has 10 nitrogen and oxygen atoms in total. The molecule has 19 heavy (non-hydrogen) atoms. The van der Waals surface area contributed by atoms with Crippen molar-refractivity contribution in [3.05, 3.63) is 0 Å². The van der Waals surface area contributed by atoms with Gasteiger partial charge in [0.15, 0.2) is 6.10 Å². The molecule has 0 aliphatic rings. The third kappa shape index (κ3) is 208. The Hall–Kier alpha value is -2.20. The molecule has 0 aromatic heterocycles. The third-order valence-corrected chi connectivity index (χ3v) is 0.458. The number of aliphatic hydroxyl groups excluding tert-OH is 2. The van der Waals surface area contributed by atoms with Crippen LogP contribution in [0.15, 0.2) is 0 Å². The van der Waals surface area contributed by atoms with Crippen molar-refractivity contribution in [2.45, 2.75) is 26.9 Å². The summed E-state index contributed by atoms with van der Waals surface area (Å²) in [7, 11) is 0. The van der Waals surface area contributed by atoms with Crippen molar-refractivity contribution >= 4 is 23.9 Å². The SMILES string of the molecule is CC(=O)O.CC(=O)O.CC(=O)O.O=C(O)C(O)CO. The van der Waals surface area contributed by atoms with E-state index in [4.69, 9.17) is 45.0 Å². The van der Waals surface area contributed by atoms with Crippen molar-refractivity contribution in [2.24, 2.45) is 0 Å². The normalized spacial score (nSPS) is 8.89. The van der Waals surface area contributed by atoms with Gasteiger partial charge in [0.25, 0.3) is 17.9 Å². The number of rotatable bonds is 2. The zero-order valence-electron chi connectivity index (χ0n) is 10.6. The molecule has 10 heteroatoms. The van der Waals surface area contributed by atoms with Crippen LogP contribution in [0.2, 0.25) is 0 Å². The molecule has 0 fully saturated rings. The fourth-order valence-corrected chi connectivity index (χ4v) is 0.0781. The maximum atomic E-state index is 9.52. The highest BCUT2D eigenvalue weighted by molar-refractivity contribution is 5.71. The van der Waals surface area contributed by atoms with Crippen LogP contribution in [0.3, 0.4) is 0 Å². The highest BCUT2D eigenvalue weighted by Crippen LogP contribution is 1.75. The van der Waals surface area contributed by atoms with E-state index in [1.165, 1.54) is 0 Å². The molecule has 0 aliphatic heterocycles. The second-order valence-corrected chi connectivity index (χ2v) is 2.59. The lowest BCUT2D eigenvalue weighted by Crippen LogP contribution is -2.22. The lowest BCUT2D eigenvalue weighted by Gasteiger charge is -1.95. The quantitative estimate of drug-likeness (QED) is 0.355. The Labute approximate surface area is 108 Å². The van der Waals surface area contributed by atoms with Crippen molar-refractivity contribution in [3.8, 4) is 0 Å². The summed E-state index contributed by atoms with van der Waals surface area (Å²) in [6, 6.07) is 0. The van der Waals surface area contributed by atoms with Crippen molar-refractivity contribution in [2.75, 3.05) is 6.61 Å². The van der Waals surface area contributed by atoms with Crippen LogP contribution in [-0.4, -0.2) is 67.2 Å². The molecule has 0 aromatic carbocycles. The van der Waals surface area contributed by atoms with Gasteiger partial charge in [-0.2, -0.15) is 0 Å². The molecule has 0 bridgehead atoms. The number of aliphatic carboxylic acids is 4. The summed E-state index contributed by atoms with van der Waals surface area (Å²) in [6.07, 6.45) is -1.63. The zero-order valence-corrected chi connectivity index (χ0v) is 10.6. The molecule has 0 heterocycles. The molecule has 0 amide bonds. The van der Waals surface area contributed by atoms with Gasteiger partial charge >= 0.3 is 5.97 Å².